The van der Waals surface area contributed by atoms with Gasteiger partial charge in [-0.2, -0.15) is 0 Å². The molecule has 0 aromatic rings. The van der Waals surface area contributed by atoms with Crippen LogP contribution >= 0.6 is 0 Å². The molecule has 4 N–H and O–H groups in total. The summed E-state index contributed by atoms with van der Waals surface area (Å²) in [6.45, 7) is 0. The van der Waals surface area contributed by atoms with Crippen LogP contribution in [0, 0.1) is 0 Å². The number of primary amides is 1. The van der Waals surface area contributed by atoms with E-state index >= 15 is 0 Å². The largest absolute Gasteiger partial charge is 0.432 e. The van der Waals surface area contributed by atoms with Gasteiger partial charge in [-0.05, 0) is 0 Å². The van der Waals surface area contributed by atoms with Crippen molar-refractivity contribution in [1.29, 1.82) is 0 Å². The molecule has 0 fully saturated rings. The normalized spacial score (nSPS) is 4.33. The molecule has 6 heavy (non-hydrogen) atoms. The number of nitrogens with two attached hydrogens (primary N) is 1. The minimum atomic E-state index is -0.750. The fourth-order valence-electron chi connectivity index (χ4n) is 0. The van der Waals surface area contributed by atoms with Gasteiger partial charge in [-0.15, -0.1) is 0 Å². The number of hydrogen-bond donors (Lipinski definition) is 3. The molecule has 0 aromatic carbocycles. The number of carbonyl (C=O) groups is 1. The summed E-state index contributed by atoms with van der Waals surface area (Å²) in [4.78, 5) is 8.58. The molecule has 0 radical (unpaired) electrons. The van der Waals surface area contributed by atoms with Crippen LogP contribution in [0.15, 0.2) is 0 Å². The molecule has 0 aliphatic heterocycles. The Hall–Kier alpha value is -0.545. The molecule has 0 bridgehead atoms. The Balaban J connectivity index is 0. The molecule has 0 spiro atoms. The summed E-state index contributed by atoms with van der Waals surface area (Å²) in [6.07, 6.45) is 0.250. The Bertz CT molecular complexity index is 24.8. The average molecular weight is 90.9 g/mol. The van der Waals surface area contributed by atoms with Crippen molar-refractivity contribution in [3.8, 4) is 0 Å². The number of hydrogen-bond acceptors (Lipinski definition) is 3. The summed E-state index contributed by atoms with van der Waals surface area (Å²) in [7, 11) is -0.750. The summed E-state index contributed by atoms with van der Waals surface area (Å²) >= 11 is 0. The summed E-state index contributed by atoms with van der Waals surface area (Å²) < 4.78 is 0. The Kier molecular flexibility index (Phi) is 38.0. The lowest BCUT2D eigenvalue weighted by Crippen LogP contribution is -1.82. The van der Waals surface area contributed by atoms with Gasteiger partial charge in [-0.25, -0.2) is 0 Å². The van der Waals surface area contributed by atoms with Crippen LogP contribution in [0.2, 0.25) is 0 Å². The molecular formula is CH6BNO3. The van der Waals surface area contributed by atoms with Crippen molar-refractivity contribution in [1.82, 2.24) is 0 Å². The van der Waals surface area contributed by atoms with Crippen LogP contribution in [-0.4, -0.2) is 24.1 Å². The Morgan fingerprint density at radius 1 is 1.67 bits per heavy atom. The van der Waals surface area contributed by atoms with Crippen LogP contribution in [0.3, 0.4) is 0 Å². The predicted octanol–water partition coefficient (Wildman–Crippen LogP) is -2.66. The molecule has 1 amide bonds. The smallest absolute Gasteiger partial charge is 0.430 e. The van der Waals surface area contributed by atoms with E-state index in [4.69, 9.17) is 14.8 Å². The molecular weight excluding hydrogens is 84.8 g/mol. The van der Waals surface area contributed by atoms with Crippen molar-refractivity contribution in [3.05, 3.63) is 0 Å². The maximum Gasteiger partial charge on any atom is 0.432 e. The summed E-state index contributed by atoms with van der Waals surface area (Å²) in [5, 5.41) is 14.2. The standard InChI is InChI=1S/CH3NO.BH3O2/c2*2-1-3/h1H,(H2,2,3);1-3H. The first-order valence-corrected chi connectivity index (χ1v) is 1.20. The maximum atomic E-state index is 8.58. The minimum Gasteiger partial charge on any atom is -0.430 e. The number of amides is 1. The minimum absolute atomic E-state index is 0.250. The third-order valence-corrected chi connectivity index (χ3v) is 0. The molecule has 0 aliphatic rings. The van der Waals surface area contributed by atoms with E-state index in [9.17, 15) is 0 Å². The molecule has 36 valence electrons. The zero-order valence-electron chi connectivity index (χ0n) is 3.16. The molecule has 0 atom stereocenters. The van der Waals surface area contributed by atoms with Gasteiger partial charge in [0, 0.05) is 0 Å². The van der Waals surface area contributed by atoms with E-state index < -0.39 is 7.69 Å². The van der Waals surface area contributed by atoms with Gasteiger partial charge in [0.1, 0.15) is 0 Å². The highest BCUT2D eigenvalue weighted by Gasteiger charge is 1.48. The van der Waals surface area contributed by atoms with Gasteiger partial charge in [-0.3, -0.25) is 4.79 Å². The van der Waals surface area contributed by atoms with E-state index in [0.29, 0.717) is 0 Å². The predicted molar refractivity (Wildman–Crippen MR) is 21.8 cm³/mol. The lowest BCUT2D eigenvalue weighted by Gasteiger charge is -1.48. The number of rotatable bonds is 0. The molecule has 4 nitrogen and oxygen atoms in total. The quantitative estimate of drug-likeness (QED) is 0.224. The molecule has 0 heterocycles. The second-order valence-corrected chi connectivity index (χ2v) is 0.278. The van der Waals surface area contributed by atoms with Crippen molar-refractivity contribution in [2.45, 2.75) is 0 Å². The van der Waals surface area contributed by atoms with Gasteiger partial charge < -0.3 is 15.8 Å². The second kappa shape index (κ2) is 25.1. The van der Waals surface area contributed by atoms with Crippen LogP contribution in [0.25, 0.3) is 0 Å². The molecule has 0 aliphatic carbocycles. The van der Waals surface area contributed by atoms with E-state index in [1.807, 2.05) is 0 Å². The monoisotopic (exact) mass is 91.0 g/mol. The van der Waals surface area contributed by atoms with E-state index in [1.54, 1.807) is 0 Å². The third-order valence-electron chi connectivity index (χ3n) is 0. The van der Waals surface area contributed by atoms with Gasteiger partial charge in [0.15, 0.2) is 0 Å². The van der Waals surface area contributed by atoms with Crippen LogP contribution in [0.1, 0.15) is 0 Å². The Labute approximate surface area is 35.9 Å². The van der Waals surface area contributed by atoms with Crippen molar-refractivity contribution >= 4 is 14.1 Å². The summed E-state index contributed by atoms with van der Waals surface area (Å²) in [5.74, 6) is 0. The van der Waals surface area contributed by atoms with Gasteiger partial charge in [-0.1, -0.05) is 0 Å². The van der Waals surface area contributed by atoms with E-state index in [-0.39, 0.29) is 6.41 Å². The molecule has 0 saturated carbocycles. The summed E-state index contributed by atoms with van der Waals surface area (Å²) in [6, 6.07) is 0. The van der Waals surface area contributed by atoms with Crippen LogP contribution < -0.4 is 5.73 Å². The molecule has 0 aromatic heterocycles. The van der Waals surface area contributed by atoms with E-state index in [1.165, 1.54) is 0 Å². The highest BCUT2D eigenvalue weighted by molar-refractivity contribution is 6.13. The Morgan fingerprint density at radius 2 is 1.67 bits per heavy atom. The number of carbonyl (C=O) groups excluding carboxylic acids is 1. The molecule has 0 unspecified atom stereocenters. The topological polar surface area (TPSA) is 83.6 Å². The van der Waals surface area contributed by atoms with Crippen molar-refractivity contribution in [2.24, 2.45) is 5.73 Å². The van der Waals surface area contributed by atoms with Crippen molar-refractivity contribution in [3.63, 3.8) is 0 Å². The zero-order valence-corrected chi connectivity index (χ0v) is 3.16. The van der Waals surface area contributed by atoms with Crippen LogP contribution in [0.5, 0.6) is 0 Å². The first-order chi connectivity index (χ1) is 2.83. The fraction of sp³-hybridized carbons (Fsp3) is 0. The zero-order chi connectivity index (χ0) is 5.41. The van der Waals surface area contributed by atoms with Crippen molar-refractivity contribution < 1.29 is 14.8 Å². The van der Waals surface area contributed by atoms with E-state index in [0.717, 1.165) is 0 Å². The highest BCUT2D eigenvalue weighted by atomic mass is 16.4. The first kappa shape index (κ1) is 9.07. The fourth-order valence-corrected chi connectivity index (χ4v) is 0. The summed E-state index contributed by atoms with van der Waals surface area (Å²) in [5.41, 5.74) is 4.17. The molecule has 5 heteroatoms. The molecule has 0 saturated heterocycles. The van der Waals surface area contributed by atoms with Gasteiger partial charge in [0.2, 0.25) is 6.41 Å². The highest BCUT2D eigenvalue weighted by Crippen LogP contribution is 1.08. The van der Waals surface area contributed by atoms with Crippen molar-refractivity contribution in [2.75, 3.05) is 0 Å². The second-order valence-electron chi connectivity index (χ2n) is 0.278. The average Bonchev–Trinajstić information content (AvgIpc) is 1.39. The first-order valence-electron chi connectivity index (χ1n) is 1.20. The van der Waals surface area contributed by atoms with Gasteiger partial charge in [0.25, 0.3) is 0 Å². The maximum absolute atomic E-state index is 8.58. The van der Waals surface area contributed by atoms with Crippen LogP contribution in [-0.2, 0) is 4.79 Å². The van der Waals surface area contributed by atoms with E-state index in [2.05, 4.69) is 5.73 Å². The SMILES string of the molecule is NC=O.OBO. The lowest BCUT2D eigenvalue weighted by molar-refractivity contribution is -0.106. The van der Waals surface area contributed by atoms with Crippen LogP contribution in [0.4, 0.5) is 0 Å². The van der Waals surface area contributed by atoms with Gasteiger partial charge in [0.05, 0.1) is 0 Å². The molecule has 0 rings (SSSR count). The lowest BCUT2D eigenvalue weighted by atomic mass is 10.5. The van der Waals surface area contributed by atoms with Gasteiger partial charge >= 0.3 is 7.69 Å². The Morgan fingerprint density at radius 3 is 1.67 bits per heavy atom. The third kappa shape index (κ3) is 70.1.